The van der Waals surface area contributed by atoms with Gasteiger partial charge in [-0.25, -0.2) is 26.4 Å². The van der Waals surface area contributed by atoms with Crippen LogP contribution in [0.25, 0.3) is 0 Å². The van der Waals surface area contributed by atoms with Gasteiger partial charge in [-0.05, 0) is 127 Å². The number of halogens is 4. The standard InChI is InChI=1S/2C20H29Cl2N3O5S/c2*1-20(2,3)30-19(26)25-7-4-5-18(25)17(23-27)12-31(28,29)24-8-6-13-9-15(21)16(22)10-14(13)11-24/h2*9-10,17-18,23,27H,4-8,11-12H2,1-3H3/t17-,18+;17-,18-/m01/s1. The first-order chi connectivity index (χ1) is 28.8. The SMILES string of the molecule is CC(C)(C)OC(=O)N1CCC[C@@H]1[C@@H](CS(=O)(=O)N1CCc2cc(Cl)c(Cl)cc2C1)NO.CC(C)(C)OC(=O)N1CCC[C@@H]1[C@H](CS(=O)(=O)N1CCc2cc(Cl)c(Cl)cc2C1)NO. The molecule has 348 valence electrons. The molecule has 4 aliphatic rings. The summed E-state index contributed by atoms with van der Waals surface area (Å²) in [6, 6.07) is 4.30. The molecule has 62 heavy (non-hydrogen) atoms. The summed E-state index contributed by atoms with van der Waals surface area (Å²) in [7, 11) is -7.45. The molecule has 4 heterocycles. The fourth-order valence-corrected chi connectivity index (χ4v) is 12.2. The maximum absolute atomic E-state index is 13.2. The third kappa shape index (κ3) is 13.0. The van der Waals surface area contributed by atoms with Gasteiger partial charge >= 0.3 is 12.2 Å². The summed E-state index contributed by atoms with van der Waals surface area (Å²) in [6.07, 6.45) is 2.59. The first-order valence-electron chi connectivity index (χ1n) is 20.5. The van der Waals surface area contributed by atoms with Crippen LogP contribution in [0.5, 0.6) is 0 Å². The Balaban J connectivity index is 0.000000234. The molecule has 0 aromatic heterocycles. The number of likely N-dealkylation sites (tertiary alicyclic amines) is 2. The number of amides is 2. The highest BCUT2D eigenvalue weighted by atomic mass is 35.5. The van der Waals surface area contributed by atoms with E-state index >= 15 is 0 Å². The van der Waals surface area contributed by atoms with E-state index in [1.54, 1.807) is 65.8 Å². The lowest BCUT2D eigenvalue weighted by molar-refractivity contribution is 0.0123. The lowest BCUT2D eigenvalue weighted by Crippen LogP contribution is -2.54. The largest absolute Gasteiger partial charge is 0.444 e. The average Bonchev–Trinajstić information content (AvgIpc) is 3.87. The number of sulfonamides is 2. The Morgan fingerprint density at radius 3 is 1.26 bits per heavy atom. The fraction of sp³-hybridized carbons (Fsp3) is 0.650. The van der Waals surface area contributed by atoms with Gasteiger partial charge in [-0.2, -0.15) is 19.6 Å². The third-order valence-electron chi connectivity index (χ3n) is 11.1. The monoisotopic (exact) mass is 986 g/mol. The van der Waals surface area contributed by atoms with Crippen molar-refractivity contribution in [3.63, 3.8) is 0 Å². The van der Waals surface area contributed by atoms with E-state index in [2.05, 4.69) is 11.0 Å². The van der Waals surface area contributed by atoms with E-state index in [1.807, 2.05) is 0 Å². The highest BCUT2D eigenvalue weighted by molar-refractivity contribution is 7.89. The Hall–Kier alpha value is -2.20. The molecule has 16 nitrogen and oxygen atoms in total. The van der Waals surface area contributed by atoms with Crippen LogP contribution in [0.4, 0.5) is 9.59 Å². The summed E-state index contributed by atoms with van der Waals surface area (Å²) in [5.74, 6) is -0.686. The molecule has 22 heteroatoms. The van der Waals surface area contributed by atoms with Crippen molar-refractivity contribution in [1.29, 1.82) is 0 Å². The second-order valence-corrected chi connectivity index (χ2v) is 23.7. The summed E-state index contributed by atoms with van der Waals surface area (Å²) in [6.45, 7) is 12.5. The van der Waals surface area contributed by atoms with Crippen LogP contribution in [0.1, 0.15) is 89.5 Å². The van der Waals surface area contributed by atoms with Gasteiger partial charge in [-0.3, -0.25) is 0 Å². The smallest absolute Gasteiger partial charge is 0.410 e. The van der Waals surface area contributed by atoms with Crippen LogP contribution in [-0.4, -0.2) is 131 Å². The van der Waals surface area contributed by atoms with Crippen molar-refractivity contribution in [1.82, 2.24) is 29.4 Å². The van der Waals surface area contributed by atoms with E-state index in [1.165, 1.54) is 18.4 Å². The maximum atomic E-state index is 13.2. The zero-order valence-corrected chi connectivity index (χ0v) is 40.5. The lowest BCUT2D eigenvalue weighted by Gasteiger charge is -2.34. The van der Waals surface area contributed by atoms with Crippen molar-refractivity contribution in [2.75, 3.05) is 37.7 Å². The molecule has 0 saturated carbocycles. The van der Waals surface area contributed by atoms with Crippen LogP contribution in [0.3, 0.4) is 0 Å². The van der Waals surface area contributed by atoms with Gasteiger partial charge in [0.05, 0.1) is 55.8 Å². The molecular formula is C40H58Cl4N6O10S2. The van der Waals surface area contributed by atoms with Gasteiger partial charge in [-0.1, -0.05) is 46.4 Å². The van der Waals surface area contributed by atoms with Gasteiger partial charge < -0.3 is 29.7 Å². The van der Waals surface area contributed by atoms with E-state index in [-0.39, 0.29) is 24.6 Å². The van der Waals surface area contributed by atoms with E-state index in [0.717, 1.165) is 22.3 Å². The molecule has 2 saturated heterocycles. The van der Waals surface area contributed by atoms with Gasteiger partial charge in [0.15, 0.2) is 0 Å². The van der Waals surface area contributed by atoms with Crippen LogP contribution in [-0.2, 0) is 55.5 Å². The molecule has 6 rings (SSSR count). The molecule has 0 radical (unpaired) electrons. The second kappa shape index (κ2) is 20.5. The summed E-state index contributed by atoms with van der Waals surface area (Å²) >= 11 is 24.3. The predicted octanol–water partition coefficient (Wildman–Crippen LogP) is 6.86. The van der Waals surface area contributed by atoms with Gasteiger partial charge in [0.25, 0.3) is 0 Å². The number of hydrogen-bond acceptors (Lipinski definition) is 12. The molecule has 0 spiro atoms. The van der Waals surface area contributed by atoms with Crippen molar-refractivity contribution < 1.29 is 46.3 Å². The molecule has 4 aliphatic heterocycles. The number of ether oxygens (including phenoxy) is 2. The number of carbonyl (C=O) groups is 2. The number of rotatable bonds is 10. The zero-order valence-electron chi connectivity index (χ0n) is 35.8. The molecule has 4 N–H and O–H groups in total. The topological polar surface area (TPSA) is 198 Å². The second-order valence-electron chi connectivity index (χ2n) is 18.0. The van der Waals surface area contributed by atoms with E-state index in [9.17, 15) is 36.8 Å². The van der Waals surface area contributed by atoms with Gasteiger partial charge in [0.2, 0.25) is 20.0 Å². The van der Waals surface area contributed by atoms with Crippen LogP contribution < -0.4 is 11.0 Å². The van der Waals surface area contributed by atoms with Crippen molar-refractivity contribution in [3.8, 4) is 0 Å². The Morgan fingerprint density at radius 1 is 0.629 bits per heavy atom. The highest BCUT2D eigenvalue weighted by Gasteiger charge is 2.42. The molecule has 2 aromatic carbocycles. The van der Waals surface area contributed by atoms with Crippen LogP contribution in [0, 0.1) is 0 Å². The van der Waals surface area contributed by atoms with E-state index in [0.29, 0.717) is 84.8 Å². The first-order valence-corrected chi connectivity index (χ1v) is 25.2. The normalized spacial score (nSPS) is 21.1. The lowest BCUT2D eigenvalue weighted by atomic mass is 10.0. The minimum Gasteiger partial charge on any atom is -0.444 e. The van der Waals surface area contributed by atoms with Gasteiger partial charge in [0.1, 0.15) is 11.2 Å². The number of benzene rings is 2. The number of hydrogen-bond donors (Lipinski definition) is 4. The van der Waals surface area contributed by atoms with E-state index < -0.39 is 67.6 Å². The minimum absolute atomic E-state index is 0.188. The molecule has 2 fully saturated rings. The molecule has 0 bridgehead atoms. The number of carbonyl (C=O) groups excluding carboxylic acids is 2. The first kappa shape index (κ1) is 50.8. The summed E-state index contributed by atoms with van der Waals surface area (Å²) in [5.41, 5.74) is 6.51. The molecule has 2 amide bonds. The van der Waals surface area contributed by atoms with Crippen molar-refractivity contribution in [2.45, 2.75) is 129 Å². The summed E-state index contributed by atoms with van der Waals surface area (Å²) in [5, 5.41) is 21.2. The maximum Gasteiger partial charge on any atom is 0.410 e. The van der Waals surface area contributed by atoms with Crippen LogP contribution in [0.2, 0.25) is 20.1 Å². The van der Waals surface area contributed by atoms with Crippen LogP contribution >= 0.6 is 46.4 Å². The average molecular weight is 989 g/mol. The Bertz CT molecular complexity index is 2020. The quantitative estimate of drug-likeness (QED) is 0.181. The van der Waals surface area contributed by atoms with Gasteiger partial charge in [-0.15, -0.1) is 0 Å². The molecule has 0 aliphatic carbocycles. The summed E-state index contributed by atoms with van der Waals surface area (Å²) in [4.78, 5) is 28.1. The fourth-order valence-electron chi connectivity index (χ4n) is 8.17. The number of fused-ring (bicyclic) bond motifs is 2. The Labute approximate surface area is 385 Å². The molecule has 4 atom stereocenters. The Morgan fingerprint density at radius 2 is 0.952 bits per heavy atom. The molecular weight excluding hydrogens is 930 g/mol. The number of hydroxylamine groups is 2. The van der Waals surface area contributed by atoms with Crippen LogP contribution in [0.15, 0.2) is 24.3 Å². The predicted molar refractivity (Wildman–Crippen MR) is 238 cm³/mol. The third-order valence-corrected chi connectivity index (χ3v) is 16.3. The molecule has 2 aromatic rings. The summed E-state index contributed by atoms with van der Waals surface area (Å²) < 4.78 is 66.3. The van der Waals surface area contributed by atoms with Crippen molar-refractivity contribution in [2.24, 2.45) is 0 Å². The van der Waals surface area contributed by atoms with Crippen molar-refractivity contribution >= 4 is 78.6 Å². The number of nitrogens with zero attached hydrogens (tertiary/aromatic N) is 4. The van der Waals surface area contributed by atoms with Crippen molar-refractivity contribution in [3.05, 3.63) is 66.6 Å². The highest BCUT2D eigenvalue weighted by Crippen LogP contribution is 2.33. The van der Waals surface area contributed by atoms with E-state index in [4.69, 9.17) is 55.9 Å². The molecule has 0 unspecified atom stereocenters. The Kier molecular flexibility index (Phi) is 16.8. The van der Waals surface area contributed by atoms with Gasteiger partial charge in [0, 0.05) is 39.3 Å². The minimum atomic E-state index is -3.73. The zero-order chi connectivity index (χ0) is 45.9. The number of nitrogens with one attached hydrogen (secondary N) is 2.